The van der Waals surface area contributed by atoms with Gasteiger partial charge in [-0.05, 0) is 22.0 Å². The molecule has 4 nitrogen and oxygen atoms in total. The van der Waals surface area contributed by atoms with Gasteiger partial charge in [0, 0.05) is 42.2 Å². The normalized spacial score (nSPS) is 10.2. The predicted molar refractivity (Wildman–Crippen MR) is 71.2 cm³/mol. The Hall–Kier alpha value is -1.20. The lowest BCUT2D eigenvalue weighted by atomic mass is 10.3. The maximum Gasteiger partial charge on any atom is 0.144 e. The zero-order chi connectivity index (χ0) is 12.1. The van der Waals surface area contributed by atoms with E-state index in [4.69, 9.17) is 11.6 Å². The molecular weight excluding hydrogens is 304 g/mol. The molecule has 0 saturated carbocycles. The van der Waals surface area contributed by atoms with Crippen molar-refractivity contribution in [3.63, 3.8) is 0 Å². The van der Waals surface area contributed by atoms with E-state index < -0.39 is 0 Å². The van der Waals surface area contributed by atoms with Crippen molar-refractivity contribution in [3.05, 3.63) is 46.0 Å². The average Bonchev–Trinajstić information content (AvgIpc) is 2.33. The average molecular weight is 314 g/mol. The van der Waals surface area contributed by atoms with Gasteiger partial charge in [-0.15, -0.1) is 0 Å². The zero-order valence-electron chi connectivity index (χ0n) is 8.90. The van der Waals surface area contributed by atoms with Gasteiger partial charge >= 0.3 is 0 Å². The van der Waals surface area contributed by atoms with E-state index in [-0.39, 0.29) is 0 Å². The summed E-state index contributed by atoms with van der Waals surface area (Å²) in [4.78, 5) is 12.4. The maximum absolute atomic E-state index is 6.03. The number of anilines is 1. The minimum absolute atomic E-state index is 0.596. The van der Waals surface area contributed by atoms with Crippen molar-refractivity contribution in [3.8, 4) is 0 Å². The van der Waals surface area contributed by atoms with Crippen LogP contribution in [0.15, 0.2) is 35.3 Å². The first kappa shape index (κ1) is 12.3. The van der Waals surface area contributed by atoms with Crippen molar-refractivity contribution in [2.24, 2.45) is 0 Å². The number of nitrogens with zero attached hydrogens (tertiary/aromatic N) is 3. The molecule has 0 amide bonds. The van der Waals surface area contributed by atoms with Crippen LogP contribution >= 0.6 is 27.5 Å². The first-order valence-electron chi connectivity index (χ1n) is 5.05. The summed E-state index contributed by atoms with van der Waals surface area (Å²) in [6, 6.07) is 1.80. The molecule has 0 atom stereocenters. The summed E-state index contributed by atoms with van der Waals surface area (Å²) in [6.45, 7) is 0.715. The molecule has 0 fully saturated rings. The highest BCUT2D eigenvalue weighted by molar-refractivity contribution is 9.10. The van der Waals surface area contributed by atoms with E-state index in [9.17, 15) is 0 Å². The topological polar surface area (TPSA) is 50.7 Å². The standard InChI is InChI=1S/C11H10BrClN4/c12-8-5-10(13)11(17-6-8)16-2-1-9-7-14-3-4-15-9/h3-7H,1-2H2,(H,16,17). The Kier molecular flexibility index (Phi) is 4.28. The first-order valence-corrected chi connectivity index (χ1v) is 6.22. The highest BCUT2D eigenvalue weighted by atomic mass is 79.9. The Bertz CT molecular complexity index is 492. The molecule has 17 heavy (non-hydrogen) atoms. The second-order valence-corrected chi connectivity index (χ2v) is 4.68. The molecule has 0 aliphatic rings. The van der Waals surface area contributed by atoms with Crippen LogP contribution in [0.5, 0.6) is 0 Å². The van der Waals surface area contributed by atoms with Crippen molar-refractivity contribution < 1.29 is 0 Å². The lowest BCUT2D eigenvalue weighted by molar-refractivity contribution is 0.935. The monoisotopic (exact) mass is 312 g/mol. The molecule has 0 aliphatic carbocycles. The lowest BCUT2D eigenvalue weighted by Gasteiger charge is -2.06. The van der Waals surface area contributed by atoms with E-state index in [2.05, 4.69) is 36.2 Å². The summed E-state index contributed by atoms with van der Waals surface area (Å²) in [5.41, 5.74) is 0.938. The van der Waals surface area contributed by atoms with Gasteiger partial charge in [-0.25, -0.2) is 4.98 Å². The van der Waals surface area contributed by atoms with E-state index in [1.807, 2.05) is 0 Å². The van der Waals surface area contributed by atoms with E-state index in [1.54, 1.807) is 30.9 Å². The number of nitrogens with one attached hydrogen (secondary N) is 1. The van der Waals surface area contributed by atoms with Crippen LogP contribution in [0.4, 0.5) is 5.82 Å². The summed E-state index contributed by atoms with van der Waals surface area (Å²) in [6.07, 6.45) is 7.57. The van der Waals surface area contributed by atoms with E-state index in [0.717, 1.165) is 16.6 Å². The summed E-state index contributed by atoms with van der Waals surface area (Å²) < 4.78 is 0.863. The Balaban J connectivity index is 1.90. The smallest absolute Gasteiger partial charge is 0.144 e. The molecule has 0 saturated heterocycles. The van der Waals surface area contributed by atoms with Gasteiger partial charge < -0.3 is 5.32 Å². The van der Waals surface area contributed by atoms with E-state index >= 15 is 0 Å². The van der Waals surface area contributed by atoms with Crippen LogP contribution in [0.3, 0.4) is 0 Å². The minimum atomic E-state index is 0.596. The van der Waals surface area contributed by atoms with Gasteiger partial charge in [0.15, 0.2) is 0 Å². The number of hydrogen-bond acceptors (Lipinski definition) is 4. The minimum Gasteiger partial charge on any atom is -0.368 e. The summed E-state index contributed by atoms with van der Waals surface area (Å²) in [7, 11) is 0. The summed E-state index contributed by atoms with van der Waals surface area (Å²) in [5, 5.41) is 3.75. The van der Waals surface area contributed by atoms with Gasteiger partial charge in [-0.1, -0.05) is 11.6 Å². The Morgan fingerprint density at radius 3 is 2.82 bits per heavy atom. The molecule has 0 spiro atoms. The van der Waals surface area contributed by atoms with Gasteiger partial charge in [-0.3, -0.25) is 9.97 Å². The fourth-order valence-electron chi connectivity index (χ4n) is 1.31. The summed E-state index contributed by atoms with van der Waals surface area (Å²) >= 11 is 9.34. The first-order chi connectivity index (χ1) is 8.25. The molecular formula is C11H10BrClN4. The molecule has 0 radical (unpaired) electrons. The Morgan fingerprint density at radius 1 is 1.24 bits per heavy atom. The number of pyridine rings is 1. The largest absolute Gasteiger partial charge is 0.368 e. The highest BCUT2D eigenvalue weighted by Crippen LogP contribution is 2.22. The fraction of sp³-hybridized carbons (Fsp3) is 0.182. The molecule has 6 heteroatoms. The highest BCUT2D eigenvalue weighted by Gasteiger charge is 2.02. The quantitative estimate of drug-likeness (QED) is 0.943. The van der Waals surface area contributed by atoms with Gasteiger partial charge in [-0.2, -0.15) is 0 Å². The van der Waals surface area contributed by atoms with Gasteiger partial charge in [0.25, 0.3) is 0 Å². The van der Waals surface area contributed by atoms with Gasteiger partial charge in [0.2, 0.25) is 0 Å². The SMILES string of the molecule is Clc1cc(Br)cnc1NCCc1cnccn1. The van der Waals surface area contributed by atoms with Gasteiger partial charge in [0.05, 0.1) is 10.7 Å². The second kappa shape index (κ2) is 5.93. The Morgan fingerprint density at radius 2 is 2.12 bits per heavy atom. The Labute approximate surface area is 113 Å². The van der Waals surface area contributed by atoms with Crippen LogP contribution in [0.2, 0.25) is 5.02 Å². The number of halogens is 2. The van der Waals surface area contributed by atoms with Crippen LogP contribution in [0.25, 0.3) is 0 Å². The van der Waals surface area contributed by atoms with Crippen molar-refractivity contribution in [1.82, 2.24) is 15.0 Å². The van der Waals surface area contributed by atoms with E-state index in [1.165, 1.54) is 0 Å². The lowest BCUT2D eigenvalue weighted by Crippen LogP contribution is -2.07. The molecule has 0 bridgehead atoms. The molecule has 0 unspecified atom stereocenters. The third kappa shape index (κ3) is 3.64. The molecule has 2 rings (SSSR count). The molecule has 1 N–H and O–H groups in total. The molecule has 88 valence electrons. The van der Waals surface area contributed by atoms with Crippen molar-refractivity contribution >= 4 is 33.3 Å². The number of rotatable bonds is 4. The van der Waals surface area contributed by atoms with Crippen LogP contribution in [0, 0.1) is 0 Å². The van der Waals surface area contributed by atoms with Gasteiger partial charge in [0.1, 0.15) is 5.82 Å². The zero-order valence-corrected chi connectivity index (χ0v) is 11.2. The van der Waals surface area contributed by atoms with Crippen molar-refractivity contribution in [2.45, 2.75) is 6.42 Å². The molecule has 2 aromatic heterocycles. The second-order valence-electron chi connectivity index (χ2n) is 3.36. The van der Waals surface area contributed by atoms with Crippen molar-refractivity contribution in [1.29, 1.82) is 0 Å². The molecule has 2 aromatic rings. The van der Waals surface area contributed by atoms with Crippen LogP contribution in [-0.2, 0) is 6.42 Å². The predicted octanol–water partition coefficient (Wildman–Crippen LogP) is 2.94. The molecule has 0 aromatic carbocycles. The summed E-state index contributed by atoms with van der Waals surface area (Å²) in [5.74, 6) is 0.679. The van der Waals surface area contributed by atoms with Crippen LogP contribution < -0.4 is 5.32 Å². The van der Waals surface area contributed by atoms with E-state index in [0.29, 0.717) is 17.4 Å². The number of hydrogen-bond donors (Lipinski definition) is 1. The maximum atomic E-state index is 6.03. The van der Waals surface area contributed by atoms with Crippen LogP contribution in [0.1, 0.15) is 5.69 Å². The van der Waals surface area contributed by atoms with Crippen molar-refractivity contribution in [2.75, 3.05) is 11.9 Å². The molecule has 0 aliphatic heterocycles. The van der Waals surface area contributed by atoms with Crippen LogP contribution in [-0.4, -0.2) is 21.5 Å². The third-order valence-corrected chi connectivity index (χ3v) is 2.82. The molecule has 2 heterocycles. The third-order valence-electron chi connectivity index (χ3n) is 2.10. The number of aromatic nitrogens is 3. The fourth-order valence-corrected chi connectivity index (χ4v) is 2.01.